The Labute approximate surface area is 197 Å². The number of nitrogens with two attached hydrogens (primary N) is 1. The van der Waals surface area contributed by atoms with Crippen LogP contribution in [0.4, 0.5) is 17.6 Å². The summed E-state index contributed by atoms with van der Waals surface area (Å²) in [5.41, 5.74) is 8.64. The van der Waals surface area contributed by atoms with Crippen molar-refractivity contribution in [1.29, 1.82) is 0 Å². The molecule has 176 valence electrons. The number of ether oxygens (including phenoxy) is 3. The van der Waals surface area contributed by atoms with Crippen LogP contribution in [-0.4, -0.2) is 71.0 Å². The molecule has 0 saturated carbocycles. The molecule has 1 saturated heterocycles. The van der Waals surface area contributed by atoms with Gasteiger partial charge in [-0.15, -0.1) is 0 Å². The van der Waals surface area contributed by atoms with Gasteiger partial charge in [-0.05, 0) is 24.3 Å². The van der Waals surface area contributed by atoms with Crippen LogP contribution in [0.25, 0.3) is 16.9 Å². The van der Waals surface area contributed by atoms with Gasteiger partial charge in [0.05, 0.1) is 31.4 Å². The minimum absolute atomic E-state index is 0.367. The molecular weight excluding hydrogens is 434 g/mol. The molecule has 0 unspecified atom stereocenters. The average molecular weight is 462 g/mol. The lowest BCUT2D eigenvalue weighted by atomic mass is 10.2. The van der Waals surface area contributed by atoms with Crippen molar-refractivity contribution >= 4 is 28.6 Å². The van der Waals surface area contributed by atoms with Crippen LogP contribution in [0.1, 0.15) is 0 Å². The third-order valence-electron chi connectivity index (χ3n) is 5.65. The van der Waals surface area contributed by atoms with Gasteiger partial charge in [-0.3, -0.25) is 9.47 Å². The Kier molecular flexibility index (Phi) is 6.41. The number of para-hydroxylation sites is 2. The SMILES string of the molecule is COc1ccc(Nc2nccc(-n3c(N)nc4ccccc43)n2)cc1OCCN1CCOCC1. The highest BCUT2D eigenvalue weighted by Gasteiger charge is 2.14. The first kappa shape index (κ1) is 21.9. The van der Waals surface area contributed by atoms with E-state index in [2.05, 4.69) is 25.2 Å². The normalized spacial score (nSPS) is 14.3. The zero-order valence-electron chi connectivity index (χ0n) is 19.0. The molecule has 0 amide bonds. The summed E-state index contributed by atoms with van der Waals surface area (Å²) in [6.07, 6.45) is 1.68. The fraction of sp³-hybridized carbons (Fsp3) is 0.292. The number of methoxy groups -OCH3 is 1. The molecule has 0 radical (unpaired) electrons. The molecule has 0 aliphatic carbocycles. The zero-order valence-corrected chi connectivity index (χ0v) is 19.0. The molecule has 2 aromatic heterocycles. The fourth-order valence-corrected chi connectivity index (χ4v) is 3.93. The maximum Gasteiger partial charge on any atom is 0.229 e. The number of hydrogen-bond acceptors (Lipinski definition) is 9. The lowest BCUT2D eigenvalue weighted by Crippen LogP contribution is -2.38. The van der Waals surface area contributed by atoms with Crippen LogP contribution in [0.3, 0.4) is 0 Å². The van der Waals surface area contributed by atoms with E-state index in [0.717, 1.165) is 49.6 Å². The molecule has 1 aliphatic heterocycles. The number of morpholine rings is 1. The molecule has 5 rings (SSSR count). The third-order valence-corrected chi connectivity index (χ3v) is 5.65. The van der Waals surface area contributed by atoms with E-state index in [1.54, 1.807) is 23.9 Å². The van der Waals surface area contributed by atoms with Crippen molar-refractivity contribution in [3.8, 4) is 17.3 Å². The molecule has 2 aromatic carbocycles. The summed E-state index contributed by atoms with van der Waals surface area (Å²) in [5.74, 6) is 2.74. The van der Waals surface area contributed by atoms with Crippen LogP contribution in [0, 0.1) is 0 Å². The summed E-state index contributed by atoms with van der Waals surface area (Å²) in [6, 6.07) is 15.2. The highest BCUT2D eigenvalue weighted by molar-refractivity contribution is 5.80. The second kappa shape index (κ2) is 9.94. The monoisotopic (exact) mass is 461 g/mol. The number of hydrogen-bond donors (Lipinski definition) is 2. The molecule has 3 heterocycles. The smallest absolute Gasteiger partial charge is 0.229 e. The molecule has 3 N–H and O–H groups in total. The summed E-state index contributed by atoms with van der Waals surface area (Å²) in [7, 11) is 1.63. The zero-order chi connectivity index (χ0) is 23.3. The maximum absolute atomic E-state index is 6.17. The van der Waals surface area contributed by atoms with E-state index in [9.17, 15) is 0 Å². The van der Waals surface area contributed by atoms with Crippen LogP contribution in [0.2, 0.25) is 0 Å². The van der Waals surface area contributed by atoms with Gasteiger partial charge < -0.3 is 25.3 Å². The molecule has 1 aliphatic rings. The molecule has 10 nitrogen and oxygen atoms in total. The summed E-state index contributed by atoms with van der Waals surface area (Å²) < 4.78 is 18.7. The second-order valence-electron chi connectivity index (χ2n) is 7.83. The van der Waals surface area contributed by atoms with Gasteiger partial charge in [0.15, 0.2) is 11.5 Å². The Hall–Kier alpha value is -3.89. The van der Waals surface area contributed by atoms with Crippen LogP contribution in [0.15, 0.2) is 54.7 Å². The minimum Gasteiger partial charge on any atom is -0.493 e. The standard InChI is InChI=1S/C24H27N7O3/c1-32-20-7-6-17(16-21(20)34-15-12-30-10-13-33-14-11-30)27-24-26-9-8-22(29-24)31-19-5-3-2-4-18(19)28-23(31)25/h2-9,16H,10-15H2,1H3,(H2,25,28)(H,26,27,29). The summed E-state index contributed by atoms with van der Waals surface area (Å²) in [5, 5.41) is 3.25. The van der Waals surface area contributed by atoms with Gasteiger partial charge in [0, 0.05) is 43.7 Å². The second-order valence-corrected chi connectivity index (χ2v) is 7.83. The molecular formula is C24H27N7O3. The van der Waals surface area contributed by atoms with Crippen LogP contribution >= 0.6 is 0 Å². The van der Waals surface area contributed by atoms with Crippen LogP contribution < -0.4 is 20.5 Å². The number of anilines is 3. The minimum atomic E-state index is 0.367. The predicted octanol–water partition coefficient (Wildman–Crippen LogP) is 2.86. The van der Waals surface area contributed by atoms with E-state index in [1.807, 2.05) is 42.5 Å². The Balaban J connectivity index is 1.33. The molecule has 0 bridgehead atoms. The average Bonchev–Trinajstić information content (AvgIpc) is 3.21. The highest BCUT2D eigenvalue weighted by Crippen LogP contribution is 2.31. The lowest BCUT2D eigenvalue weighted by Gasteiger charge is -2.26. The van der Waals surface area contributed by atoms with Crippen molar-refractivity contribution in [2.24, 2.45) is 0 Å². The molecule has 10 heteroatoms. The van der Waals surface area contributed by atoms with Gasteiger partial charge >= 0.3 is 0 Å². The van der Waals surface area contributed by atoms with Crippen molar-refractivity contribution in [1.82, 2.24) is 24.4 Å². The molecule has 1 fully saturated rings. The van der Waals surface area contributed by atoms with Gasteiger partial charge in [-0.2, -0.15) is 4.98 Å². The maximum atomic E-state index is 6.17. The molecule has 34 heavy (non-hydrogen) atoms. The van der Waals surface area contributed by atoms with Crippen LogP contribution in [0.5, 0.6) is 11.5 Å². The summed E-state index contributed by atoms with van der Waals surface area (Å²) in [4.78, 5) is 15.7. The molecule has 0 atom stereocenters. The number of aromatic nitrogens is 4. The van der Waals surface area contributed by atoms with E-state index in [4.69, 9.17) is 19.9 Å². The Morgan fingerprint density at radius 1 is 1.06 bits per heavy atom. The van der Waals surface area contributed by atoms with Crippen molar-refractivity contribution in [2.75, 3.05) is 57.6 Å². The van der Waals surface area contributed by atoms with Gasteiger partial charge in [0.25, 0.3) is 0 Å². The topological polar surface area (TPSA) is 113 Å². The number of nitrogen functional groups attached to an aromatic ring is 1. The Morgan fingerprint density at radius 3 is 2.76 bits per heavy atom. The largest absolute Gasteiger partial charge is 0.493 e. The number of benzene rings is 2. The number of nitrogens with one attached hydrogen (secondary N) is 1. The third kappa shape index (κ3) is 4.73. The van der Waals surface area contributed by atoms with Crippen LogP contribution in [-0.2, 0) is 4.74 Å². The van der Waals surface area contributed by atoms with Gasteiger partial charge in [-0.25, -0.2) is 9.97 Å². The van der Waals surface area contributed by atoms with E-state index < -0.39 is 0 Å². The van der Waals surface area contributed by atoms with Gasteiger partial charge in [-0.1, -0.05) is 12.1 Å². The number of nitrogens with zero attached hydrogens (tertiary/aromatic N) is 5. The summed E-state index contributed by atoms with van der Waals surface area (Å²) in [6.45, 7) is 4.76. The highest BCUT2D eigenvalue weighted by atomic mass is 16.5. The first-order valence-corrected chi connectivity index (χ1v) is 11.2. The van der Waals surface area contributed by atoms with E-state index in [0.29, 0.717) is 35.8 Å². The number of imidazole rings is 1. The molecule has 4 aromatic rings. The molecule has 0 spiro atoms. The number of rotatable bonds is 8. The van der Waals surface area contributed by atoms with E-state index in [1.165, 1.54) is 0 Å². The van der Waals surface area contributed by atoms with Crippen molar-refractivity contribution in [3.63, 3.8) is 0 Å². The lowest BCUT2D eigenvalue weighted by molar-refractivity contribution is 0.0321. The van der Waals surface area contributed by atoms with E-state index in [-0.39, 0.29) is 0 Å². The van der Waals surface area contributed by atoms with Crippen molar-refractivity contribution in [3.05, 3.63) is 54.7 Å². The summed E-state index contributed by atoms with van der Waals surface area (Å²) >= 11 is 0. The van der Waals surface area contributed by atoms with Crippen molar-refractivity contribution in [2.45, 2.75) is 0 Å². The predicted molar refractivity (Wildman–Crippen MR) is 130 cm³/mol. The Bertz CT molecular complexity index is 1270. The Morgan fingerprint density at radius 2 is 1.91 bits per heavy atom. The first-order chi connectivity index (χ1) is 16.7. The fourth-order valence-electron chi connectivity index (χ4n) is 3.93. The number of fused-ring (bicyclic) bond motifs is 1. The van der Waals surface area contributed by atoms with Crippen molar-refractivity contribution < 1.29 is 14.2 Å². The quantitative estimate of drug-likeness (QED) is 0.409. The first-order valence-electron chi connectivity index (χ1n) is 11.2. The van der Waals surface area contributed by atoms with E-state index >= 15 is 0 Å². The van der Waals surface area contributed by atoms with Gasteiger partial charge in [0.1, 0.15) is 12.4 Å². The van der Waals surface area contributed by atoms with Gasteiger partial charge in [0.2, 0.25) is 11.9 Å².